The van der Waals surface area contributed by atoms with Crippen molar-refractivity contribution in [3.63, 3.8) is 0 Å². The lowest BCUT2D eigenvalue weighted by molar-refractivity contribution is 0.0668. The third kappa shape index (κ3) is 6.07. The molecule has 2 aliphatic rings. The van der Waals surface area contributed by atoms with Crippen molar-refractivity contribution in [3.05, 3.63) is 82.9 Å². The number of halogens is 1. The molecule has 1 aliphatic heterocycles. The minimum atomic E-state index is -0.217. The van der Waals surface area contributed by atoms with E-state index in [0.717, 1.165) is 63.5 Å². The molecule has 0 bridgehead atoms. The van der Waals surface area contributed by atoms with Crippen LogP contribution in [0.3, 0.4) is 0 Å². The first-order valence-corrected chi connectivity index (χ1v) is 13.8. The van der Waals surface area contributed by atoms with Crippen LogP contribution in [0.2, 0.25) is 0 Å². The van der Waals surface area contributed by atoms with Gasteiger partial charge in [0.25, 0.3) is 0 Å². The Morgan fingerprint density at radius 3 is 2.53 bits per heavy atom. The van der Waals surface area contributed by atoms with Gasteiger partial charge in [0.1, 0.15) is 23.9 Å². The van der Waals surface area contributed by atoms with E-state index in [1.165, 1.54) is 27.9 Å². The molecule has 1 unspecified atom stereocenters. The van der Waals surface area contributed by atoms with Crippen LogP contribution in [-0.2, 0) is 19.4 Å². The molecule has 0 amide bonds. The molecule has 5 rings (SSSR count). The molecule has 0 saturated carbocycles. The average Bonchev–Trinajstić information content (AvgIpc) is 2.93. The van der Waals surface area contributed by atoms with Gasteiger partial charge in [0.15, 0.2) is 0 Å². The summed E-state index contributed by atoms with van der Waals surface area (Å²) in [7, 11) is 1.72. The van der Waals surface area contributed by atoms with Crippen molar-refractivity contribution < 1.29 is 19.0 Å². The van der Waals surface area contributed by atoms with E-state index in [2.05, 4.69) is 53.1 Å². The Kier molecular flexibility index (Phi) is 8.38. The minimum Gasteiger partial charge on any atom is -0.508 e. The largest absolute Gasteiger partial charge is 0.508 e. The lowest BCUT2D eigenvalue weighted by Gasteiger charge is -2.37. The summed E-state index contributed by atoms with van der Waals surface area (Å²) in [6.07, 6.45) is 3.01. The van der Waals surface area contributed by atoms with Crippen molar-refractivity contribution in [3.8, 4) is 17.2 Å². The van der Waals surface area contributed by atoms with Crippen LogP contribution in [0.25, 0.3) is 0 Å². The highest BCUT2D eigenvalue weighted by Gasteiger charge is 2.26. The zero-order valence-electron chi connectivity index (χ0n) is 22.5. The Morgan fingerprint density at radius 2 is 1.79 bits per heavy atom. The summed E-state index contributed by atoms with van der Waals surface area (Å²) in [4.78, 5) is 4.66. The molecule has 38 heavy (non-hydrogen) atoms. The molecular formula is C32H39FN2O3. The van der Waals surface area contributed by atoms with Crippen molar-refractivity contribution >= 4 is 5.69 Å². The number of alkyl halides is 1. The zero-order valence-corrected chi connectivity index (χ0v) is 22.5. The van der Waals surface area contributed by atoms with E-state index in [9.17, 15) is 9.50 Å². The Labute approximate surface area is 225 Å². The van der Waals surface area contributed by atoms with Crippen LogP contribution in [0.15, 0.2) is 60.7 Å². The number of fused-ring (bicyclic) bond motifs is 1. The molecule has 6 heteroatoms. The van der Waals surface area contributed by atoms with Crippen molar-refractivity contribution in [2.24, 2.45) is 5.92 Å². The molecule has 0 aromatic heterocycles. The van der Waals surface area contributed by atoms with Gasteiger partial charge in [0, 0.05) is 50.4 Å². The topological polar surface area (TPSA) is 45.2 Å². The summed E-state index contributed by atoms with van der Waals surface area (Å²) in [5.41, 5.74) is 6.40. The molecule has 1 atom stereocenters. The first-order valence-electron chi connectivity index (χ1n) is 13.8. The van der Waals surface area contributed by atoms with Crippen molar-refractivity contribution in [2.45, 2.75) is 38.6 Å². The fourth-order valence-electron chi connectivity index (χ4n) is 5.80. The summed E-state index contributed by atoms with van der Waals surface area (Å²) in [6, 6.07) is 20.6. The smallest absolute Gasteiger partial charge is 0.120 e. The summed E-state index contributed by atoms with van der Waals surface area (Å²) >= 11 is 0. The predicted octanol–water partition coefficient (Wildman–Crippen LogP) is 5.98. The lowest BCUT2D eigenvalue weighted by atomic mass is 9.79. The highest BCUT2D eigenvalue weighted by atomic mass is 19.1. The summed E-state index contributed by atoms with van der Waals surface area (Å²) < 4.78 is 24.2. The van der Waals surface area contributed by atoms with E-state index in [4.69, 9.17) is 9.47 Å². The van der Waals surface area contributed by atoms with Gasteiger partial charge < -0.3 is 19.5 Å². The number of anilines is 1. The number of hydrogen-bond donors (Lipinski definition) is 1. The number of aromatic hydroxyl groups is 1. The van der Waals surface area contributed by atoms with Gasteiger partial charge in [-0.3, -0.25) is 9.29 Å². The van der Waals surface area contributed by atoms with Crippen LogP contribution < -0.4 is 14.4 Å². The second kappa shape index (κ2) is 12.1. The number of ether oxygens (including phenoxy) is 2. The van der Waals surface area contributed by atoms with Gasteiger partial charge >= 0.3 is 0 Å². The standard InChI is InChI=1S/C32H39FN2O3/c1-3-35(22-23-4-10-29(11-5-23)38-15-14-34-20-24(19-33)21-34)32-18-30(37-2)12-13-31(32)27-7-6-26-17-28(36)9-8-25(26)16-27/h4-5,8-13,17-18,24,27,36H,3,6-7,14-16,19-22H2,1-2H3. The molecule has 3 aromatic carbocycles. The Morgan fingerprint density at radius 1 is 1.00 bits per heavy atom. The van der Waals surface area contributed by atoms with E-state index < -0.39 is 0 Å². The Balaban J connectivity index is 1.26. The molecule has 3 aromatic rings. The molecule has 1 heterocycles. The number of rotatable bonds is 11. The molecule has 1 aliphatic carbocycles. The maximum Gasteiger partial charge on any atom is 0.120 e. The first kappa shape index (κ1) is 26.4. The van der Waals surface area contributed by atoms with Crippen molar-refractivity contribution in [1.82, 2.24) is 4.90 Å². The first-order chi connectivity index (χ1) is 18.6. The van der Waals surface area contributed by atoms with Crippen molar-refractivity contribution in [2.75, 3.05) is 51.5 Å². The Bertz CT molecular complexity index is 1210. The Hall–Kier alpha value is -3.25. The quantitative estimate of drug-likeness (QED) is 0.338. The van der Waals surface area contributed by atoms with Crippen LogP contribution in [-0.4, -0.2) is 56.6 Å². The number of methoxy groups -OCH3 is 1. The number of hydrogen-bond acceptors (Lipinski definition) is 5. The molecule has 0 spiro atoms. The van der Waals surface area contributed by atoms with Gasteiger partial charge in [-0.05, 0) is 84.7 Å². The molecule has 202 valence electrons. The number of likely N-dealkylation sites (tertiary alicyclic amines) is 1. The van der Waals surface area contributed by atoms with Gasteiger partial charge in [-0.15, -0.1) is 0 Å². The van der Waals surface area contributed by atoms with E-state index in [-0.39, 0.29) is 12.6 Å². The molecule has 1 N–H and O–H groups in total. The maximum atomic E-state index is 12.6. The third-order valence-corrected chi connectivity index (χ3v) is 8.04. The van der Waals surface area contributed by atoms with Gasteiger partial charge in [0.05, 0.1) is 13.8 Å². The molecule has 5 nitrogen and oxygen atoms in total. The second-order valence-electron chi connectivity index (χ2n) is 10.6. The maximum absolute atomic E-state index is 12.6. The van der Waals surface area contributed by atoms with E-state index in [1.807, 2.05) is 18.2 Å². The predicted molar refractivity (Wildman–Crippen MR) is 150 cm³/mol. The minimum absolute atomic E-state index is 0.212. The van der Waals surface area contributed by atoms with E-state index in [1.54, 1.807) is 13.2 Å². The van der Waals surface area contributed by atoms with Crippen LogP contribution in [0.4, 0.5) is 10.1 Å². The molecular weight excluding hydrogens is 479 g/mol. The van der Waals surface area contributed by atoms with Crippen LogP contribution in [0, 0.1) is 5.92 Å². The summed E-state index contributed by atoms with van der Waals surface area (Å²) in [5.74, 6) is 2.72. The number of phenols is 1. The van der Waals surface area contributed by atoms with Crippen molar-refractivity contribution in [1.29, 1.82) is 0 Å². The number of phenolic OH excluding ortho intramolecular Hbond substituents is 1. The fraction of sp³-hybridized carbons (Fsp3) is 0.438. The van der Waals surface area contributed by atoms with Crippen LogP contribution >= 0.6 is 0 Å². The zero-order chi connectivity index (χ0) is 26.5. The third-order valence-electron chi connectivity index (χ3n) is 8.04. The van der Waals surface area contributed by atoms with E-state index in [0.29, 0.717) is 18.3 Å². The molecule has 1 saturated heterocycles. The average molecular weight is 519 g/mol. The van der Waals surface area contributed by atoms with Gasteiger partial charge in [-0.2, -0.15) is 0 Å². The lowest BCUT2D eigenvalue weighted by Crippen LogP contribution is -2.49. The fourth-order valence-corrected chi connectivity index (χ4v) is 5.80. The van der Waals surface area contributed by atoms with Gasteiger partial charge in [-0.1, -0.05) is 24.3 Å². The number of benzene rings is 3. The summed E-state index contributed by atoms with van der Waals surface area (Å²) in [6.45, 7) is 6.80. The normalized spacial score (nSPS) is 17.5. The second-order valence-corrected chi connectivity index (χ2v) is 10.6. The molecule has 0 radical (unpaired) electrons. The molecule has 1 fully saturated rings. The number of aryl methyl sites for hydroxylation is 1. The van der Waals surface area contributed by atoms with Gasteiger partial charge in [-0.25, -0.2) is 0 Å². The van der Waals surface area contributed by atoms with E-state index >= 15 is 0 Å². The van der Waals surface area contributed by atoms with Crippen LogP contribution in [0.5, 0.6) is 17.2 Å². The summed E-state index contributed by atoms with van der Waals surface area (Å²) in [5, 5.41) is 9.89. The highest BCUT2D eigenvalue weighted by molar-refractivity contribution is 5.60. The monoisotopic (exact) mass is 518 g/mol. The SMILES string of the molecule is CCN(Cc1ccc(OCCN2CC(CF)C2)cc1)c1cc(OC)ccc1C1CCc2cc(O)ccc2C1. The van der Waals surface area contributed by atoms with Gasteiger partial charge in [0.2, 0.25) is 0 Å². The highest BCUT2D eigenvalue weighted by Crippen LogP contribution is 2.40. The number of nitrogens with zero attached hydrogens (tertiary/aromatic N) is 2. The van der Waals surface area contributed by atoms with Crippen LogP contribution in [0.1, 0.15) is 41.5 Å².